The van der Waals surface area contributed by atoms with Crippen molar-refractivity contribution in [3.63, 3.8) is 0 Å². The fourth-order valence-electron chi connectivity index (χ4n) is 2.01. The lowest BCUT2D eigenvalue weighted by atomic mass is 9.65. The van der Waals surface area contributed by atoms with Gasteiger partial charge in [0.25, 0.3) is 0 Å². The third-order valence-corrected chi connectivity index (χ3v) is 3.31. The fourth-order valence-corrected chi connectivity index (χ4v) is 2.01. The van der Waals surface area contributed by atoms with E-state index in [1.54, 1.807) is 20.8 Å². The number of nitrogens with two attached hydrogens (primary N) is 1. The molecule has 0 radical (unpaired) electrons. The molecule has 0 saturated heterocycles. The van der Waals surface area contributed by atoms with Crippen LogP contribution in [0.1, 0.15) is 54.4 Å². The summed E-state index contributed by atoms with van der Waals surface area (Å²) in [6, 6.07) is 0. The third-order valence-electron chi connectivity index (χ3n) is 3.31. The number of carboxylic acid groups (broad SMARTS) is 1. The number of aliphatic carboxylic acids is 1. The summed E-state index contributed by atoms with van der Waals surface area (Å²) in [5, 5.41) is 8.56. The lowest BCUT2D eigenvalue weighted by Gasteiger charge is -2.43. The van der Waals surface area contributed by atoms with E-state index in [4.69, 9.17) is 15.6 Å². The highest BCUT2D eigenvalue weighted by Crippen LogP contribution is 2.41. The molecule has 5 heteroatoms. The lowest BCUT2D eigenvalue weighted by molar-refractivity contribution is -0.162. The maximum atomic E-state index is 12.3. The molecule has 0 bridgehead atoms. The van der Waals surface area contributed by atoms with Crippen LogP contribution in [0.5, 0.6) is 0 Å². The molecule has 0 aromatic carbocycles. The molecule has 0 fully saturated rings. The molecule has 0 saturated carbocycles. The number of carboxylic acids is 1. The van der Waals surface area contributed by atoms with Crippen molar-refractivity contribution in [3.05, 3.63) is 0 Å². The van der Waals surface area contributed by atoms with E-state index < -0.39 is 22.9 Å². The highest BCUT2D eigenvalue weighted by atomic mass is 16.5. The Balaban J connectivity index is 4.95. The maximum absolute atomic E-state index is 12.3. The second-order valence-corrected chi connectivity index (χ2v) is 7.07. The molecule has 3 N–H and O–H groups in total. The van der Waals surface area contributed by atoms with E-state index in [1.807, 2.05) is 20.8 Å². The topological polar surface area (TPSA) is 89.6 Å². The van der Waals surface area contributed by atoms with E-state index >= 15 is 0 Å². The number of hydrogen-bond acceptors (Lipinski definition) is 4. The quantitative estimate of drug-likeness (QED) is 0.724. The molecule has 0 spiro atoms. The number of carbonyl (C=O) groups excluding carboxylic acids is 1. The zero-order valence-electron chi connectivity index (χ0n) is 12.9. The Morgan fingerprint density at radius 3 is 1.89 bits per heavy atom. The minimum Gasteiger partial charge on any atom is -0.481 e. The molecule has 1 unspecified atom stereocenters. The molecule has 0 aliphatic heterocycles. The van der Waals surface area contributed by atoms with Crippen molar-refractivity contribution in [1.29, 1.82) is 0 Å². The first kappa shape index (κ1) is 17.9. The van der Waals surface area contributed by atoms with Crippen molar-refractivity contribution in [2.75, 3.05) is 6.61 Å². The molecule has 0 aliphatic carbocycles. The summed E-state index contributed by atoms with van der Waals surface area (Å²) in [6.45, 7) is 11.3. The van der Waals surface area contributed by atoms with Crippen LogP contribution < -0.4 is 5.73 Å². The largest absolute Gasteiger partial charge is 0.481 e. The van der Waals surface area contributed by atoms with Gasteiger partial charge in [-0.15, -0.1) is 0 Å². The normalized spacial score (nSPS) is 15.7. The van der Waals surface area contributed by atoms with Crippen LogP contribution in [0.4, 0.5) is 0 Å². The van der Waals surface area contributed by atoms with E-state index in [0.29, 0.717) is 6.42 Å². The summed E-state index contributed by atoms with van der Waals surface area (Å²) in [6.07, 6.45) is 0.373. The van der Waals surface area contributed by atoms with Crippen LogP contribution in [-0.4, -0.2) is 29.2 Å². The Bertz CT molecular complexity index is 338. The molecule has 5 nitrogen and oxygen atoms in total. The van der Waals surface area contributed by atoms with Crippen LogP contribution >= 0.6 is 0 Å². The minimum atomic E-state index is -0.989. The molecule has 0 aromatic heterocycles. The second kappa shape index (κ2) is 5.90. The summed E-state index contributed by atoms with van der Waals surface area (Å²) in [5.74, 6) is -1.42. The van der Waals surface area contributed by atoms with Gasteiger partial charge in [0.15, 0.2) is 0 Å². The molecule has 1 atom stereocenters. The molecule has 0 amide bonds. The van der Waals surface area contributed by atoms with Crippen LogP contribution in [0.2, 0.25) is 0 Å². The van der Waals surface area contributed by atoms with Gasteiger partial charge in [0, 0.05) is 5.54 Å². The first-order valence-electron chi connectivity index (χ1n) is 6.47. The van der Waals surface area contributed by atoms with Gasteiger partial charge < -0.3 is 15.6 Å². The van der Waals surface area contributed by atoms with Gasteiger partial charge in [-0.3, -0.25) is 9.59 Å². The highest BCUT2D eigenvalue weighted by molar-refractivity contribution is 5.78. The van der Waals surface area contributed by atoms with Gasteiger partial charge >= 0.3 is 11.9 Å². The fraction of sp³-hybridized carbons (Fsp3) is 0.857. The molecular formula is C14H27NO4. The van der Waals surface area contributed by atoms with Gasteiger partial charge in [-0.1, -0.05) is 20.8 Å². The Labute approximate surface area is 115 Å². The number of hydrogen-bond donors (Lipinski definition) is 2. The monoisotopic (exact) mass is 273 g/mol. The Hall–Kier alpha value is -1.10. The molecule has 0 aliphatic rings. The van der Waals surface area contributed by atoms with Gasteiger partial charge in [-0.05, 0) is 32.6 Å². The van der Waals surface area contributed by atoms with Crippen LogP contribution in [0.3, 0.4) is 0 Å². The third kappa shape index (κ3) is 5.59. The van der Waals surface area contributed by atoms with E-state index in [9.17, 15) is 9.59 Å². The lowest BCUT2D eigenvalue weighted by Crippen LogP contribution is -2.55. The summed E-state index contributed by atoms with van der Waals surface area (Å²) in [4.78, 5) is 22.7. The van der Waals surface area contributed by atoms with Crippen LogP contribution in [0.15, 0.2) is 0 Å². The van der Waals surface area contributed by atoms with Crippen LogP contribution in [0.25, 0.3) is 0 Å². The van der Waals surface area contributed by atoms with Gasteiger partial charge in [0.2, 0.25) is 0 Å². The van der Waals surface area contributed by atoms with Crippen LogP contribution in [-0.2, 0) is 14.3 Å². The first-order chi connectivity index (χ1) is 8.29. The Morgan fingerprint density at radius 2 is 1.58 bits per heavy atom. The zero-order chi connectivity index (χ0) is 15.5. The highest BCUT2D eigenvalue weighted by Gasteiger charge is 2.48. The number of ether oxygens (including phenoxy) is 1. The van der Waals surface area contributed by atoms with E-state index in [2.05, 4.69) is 0 Å². The SMILES string of the molecule is CC(C)(C)CC(C)(C(=O)OCCC(=O)O)C(C)(C)N. The van der Waals surface area contributed by atoms with E-state index in [1.165, 1.54) is 0 Å². The molecule has 0 aromatic rings. The van der Waals surface area contributed by atoms with Crippen molar-refractivity contribution < 1.29 is 19.4 Å². The van der Waals surface area contributed by atoms with Crippen molar-refractivity contribution in [2.45, 2.75) is 59.9 Å². The Kier molecular flexibility index (Phi) is 5.56. The number of esters is 1. The zero-order valence-corrected chi connectivity index (χ0v) is 12.9. The van der Waals surface area contributed by atoms with Crippen molar-refractivity contribution in [3.8, 4) is 0 Å². The second-order valence-electron chi connectivity index (χ2n) is 7.07. The Morgan fingerprint density at radius 1 is 1.11 bits per heavy atom. The molecule has 112 valence electrons. The smallest absolute Gasteiger partial charge is 0.313 e. The van der Waals surface area contributed by atoms with Crippen molar-refractivity contribution in [2.24, 2.45) is 16.6 Å². The van der Waals surface area contributed by atoms with Crippen LogP contribution in [0, 0.1) is 10.8 Å². The van der Waals surface area contributed by atoms with E-state index in [0.717, 1.165) is 0 Å². The number of rotatable bonds is 6. The van der Waals surface area contributed by atoms with E-state index in [-0.39, 0.29) is 18.4 Å². The molecular weight excluding hydrogens is 246 g/mol. The maximum Gasteiger partial charge on any atom is 0.313 e. The van der Waals surface area contributed by atoms with Crippen molar-refractivity contribution in [1.82, 2.24) is 0 Å². The summed E-state index contributed by atoms with van der Waals surface area (Å²) in [5.41, 5.74) is 4.44. The minimum absolute atomic E-state index is 0.0861. The standard InChI is InChI=1S/C14H27NO4/c1-12(2,3)9-14(6,13(4,5)15)11(18)19-8-7-10(16)17/h7-9,15H2,1-6H3,(H,16,17). The predicted molar refractivity (Wildman–Crippen MR) is 73.7 cm³/mol. The van der Waals surface area contributed by atoms with Crippen molar-refractivity contribution >= 4 is 11.9 Å². The molecule has 0 heterocycles. The van der Waals surface area contributed by atoms with Gasteiger partial charge in [0.05, 0.1) is 11.8 Å². The van der Waals surface area contributed by atoms with Gasteiger partial charge in [-0.2, -0.15) is 0 Å². The van der Waals surface area contributed by atoms with Gasteiger partial charge in [-0.25, -0.2) is 0 Å². The summed E-state index contributed by atoms with van der Waals surface area (Å²) >= 11 is 0. The summed E-state index contributed by atoms with van der Waals surface area (Å²) in [7, 11) is 0. The first-order valence-corrected chi connectivity index (χ1v) is 6.47. The molecule has 19 heavy (non-hydrogen) atoms. The number of carbonyl (C=O) groups is 2. The predicted octanol–water partition coefficient (Wildman–Crippen LogP) is 2.18. The van der Waals surface area contributed by atoms with Gasteiger partial charge in [0.1, 0.15) is 6.61 Å². The summed E-state index contributed by atoms with van der Waals surface area (Å²) < 4.78 is 5.09. The average Bonchev–Trinajstić information content (AvgIpc) is 2.12. The molecule has 0 rings (SSSR count). The average molecular weight is 273 g/mol.